The van der Waals surface area contributed by atoms with E-state index in [9.17, 15) is 9.18 Å². The smallest absolute Gasteiger partial charge is 0.251 e. The molecule has 0 unspecified atom stereocenters. The molecule has 0 radical (unpaired) electrons. The average molecular weight is 336 g/mol. The molecule has 1 heterocycles. The molecule has 0 fully saturated rings. The van der Waals surface area contributed by atoms with Crippen molar-refractivity contribution in [3.8, 4) is 0 Å². The molecule has 23 heavy (non-hydrogen) atoms. The molecule has 124 valence electrons. The first-order chi connectivity index (χ1) is 11.0. The molecule has 1 aromatic heterocycles. The molecule has 0 atom stereocenters. The molecular formula is C16H21FN4OS. The van der Waals surface area contributed by atoms with Gasteiger partial charge >= 0.3 is 0 Å². The average Bonchev–Trinajstić information content (AvgIpc) is 2.86. The van der Waals surface area contributed by atoms with E-state index in [0.29, 0.717) is 24.4 Å². The van der Waals surface area contributed by atoms with Gasteiger partial charge in [0.05, 0.1) is 0 Å². The van der Waals surface area contributed by atoms with Gasteiger partial charge in [0.15, 0.2) is 5.16 Å². The SMILES string of the molecule is CC(C)CSc1nnc(CCNC(=O)c2ccc(F)cc2)n1C. The Hall–Kier alpha value is -1.89. The van der Waals surface area contributed by atoms with E-state index in [1.54, 1.807) is 11.8 Å². The number of carbonyl (C=O) groups is 1. The molecular weight excluding hydrogens is 315 g/mol. The summed E-state index contributed by atoms with van der Waals surface area (Å²) >= 11 is 1.68. The van der Waals surface area contributed by atoms with Crippen LogP contribution in [0.3, 0.4) is 0 Å². The molecule has 1 N–H and O–H groups in total. The highest BCUT2D eigenvalue weighted by Gasteiger charge is 2.11. The van der Waals surface area contributed by atoms with Gasteiger partial charge in [-0.15, -0.1) is 10.2 Å². The monoisotopic (exact) mass is 336 g/mol. The van der Waals surface area contributed by atoms with E-state index in [0.717, 1.165) is 16.7 Å². The molecule has 1 aromatic carbocycles. The second kappa shape index (κ2) is 8.10. The van der Waals surface area contributed by atoms with Gasteiger partial charge in [0.1, 0.15) is 11.6 Å². The maximum absolute atomic E-state index is 12.8. The van der Waals surface area contributed by atoms with Gasteiger partial charge in [0.25, 0.3) is 5.91 Å². The van der Waals surface area contributed by atoms with Crippen LogP contribution in [0.1, 0.15) is 30.0 Å². The zero-order chi connectivity index (χ0) is 16.8. The standard InChI is InChI=1S/C16H21FN4OS/c1-11(2)10-23-16-20-19-14(21(16)3)8-9-18-15(22)12-4-6-13(17)7-5-12/h4-7,11H,8-10H2,1-3H3,(H,18,22). The molecule has 0 saturated heterocycles. The van der Waals surface area contributed by atoms with Gasteiger partial charge in [0.2, 0.25) is 0 Å². The van der Waals surface area contributed by atoms with Crippen LogP contribution in [-0.4, -0.2) is 33.0 Å². The van der Waals surface area contributed by atoms with Crippen LogP contribution in [0.15, 0.2) is 29.4 Å². The lowest BCUT2D eigenvalue weighted by Gasteiger charge is -2.07. The quantitative estimate of drug-likeness (QED) is 0.790. The third kappa shape index (κ3) is 5.06. The molecule has 0 bridgehead atoms. The first kappa shape index (κ1) is 17.5. The van der Waals surface area contributed by atoms with Crippen LogP contribution < -0.4 is 5.32 Å². The van der Waals surface area contributed by atoms with E-state index in [4.69, 9.17) is 0 Å². The minimum atomic E-state index is -0.355. The highest BCUT2D eigenvalue weighted by atomic mass is 32.2. The highest BCUT2D eigenvalue weighted by molar-refractivity contribution is 7.99. The number of halogens is 1. The van der Waals surface area contributed by atoms with E-state index in [-0.39, 0.29) is 11.7 Å². The molecule has 1 amide bonds. The van der Waals surface area contributed by atoms with E-state index < -0.39 is 0 Å². The van der Waals surface area contributed by atoms with Crippen molar-refractivity contribution in [2.45, 2.75) is 25.4 Å². The number of nitrogens with one attached hydrogen (secondary N) is 1. The summed E-state index contributed by atoms with van der Waals surface area (Å²) in [6.45, 7) is 4.78. The largest absolute Gasteiger partial charge is 0.352 e. The van der Waals surface area contributed by atoms with Crippen LogP contribution in [0, 0.1) is 11.7 Å². The maximum atomic E-state index is 12.8. The van der Waals surface area contributed by atoms with Gasteiger partial charge in [-0.25, -0.2) is 4.39 Å². The van der Waals surface area contributed by atoms with Crippen molar-refractivity contribution in [2.75, 3.05) is 12.3 Å². The van der Waals surface area contributed by atoms with Crippen molar-refractivity contribution in [2.24, 2.45) is 13.0 Å². The number of amides is 1. The number of hydrogen-bond donors (Lipinski definition) is 1. The summed E-state index contributed by atoms with van der Waals surface area (Å²) in [5.74, 6) is 1.84. The number of thioether (sulfide) groups is 1. The molecule has 0 saturated carbocycles. The Morgan fingerprint density at radius 3 is 2.65 bits per heavy atom. The first-order valence-corrected chi connectivity index (χ1v) is 8.50. The fraction of sp³-hybridized carbons (Fsp3) is 0.438. The van der Waals surface area contributed by atoms with Crippen LogP contribution in [0.5, 0.6) is 0 Å². The van der Waals surface area contributed by atoms with E-state index in [2.05, 4.69) is 29.4 Å². The van der Waals surface area contributed by atoms with Crippen molar-refractivity contribution in [1.82, 2.24) is 20.1 Å². The second-order valence-corrected chi connectivity index (χ2v) is 6.66. The topological polar surface area (TPSA) is 59.8 Å². The van der Waals surface area contributed by atoms with Crippen molar-refractivity contribution in [3.63, 3.8) is 0 Å². The van der Waals surface area contributed by atoms with Crippen LogP contribution in [0.2, 0.25) is 0 Å². The molecule has 0 spiro atoms. The normalized spacial score (nSPS) is 11.0. The summed E-state index contributed by atoms with van der Waals surface area (Å²) in [7, 11) is 1.93. The van der Waals surface area contributed by atoms with Gasteiger partial charge in [0, 0.05) is 31.3 Å². The van der Waals surface area contributed by atoms with Crippen LogP contribution in [0.25, 0.3) is 0 Å². The van der Waals surface area contributed by atoms with Crippen molar-refractivity contribution >= 4 is 17.7 Å². The number of aromatic nitrogens is 3. The Kier molecular flexibility index (Phi) is 6.15. The lowest BCUT2D eigenvalue weighted by Crippen LogP contribution is -2.26. The van der Waals surface area contributed by atoms with Gasteiger partial charge < -0.3 is 9.88 Å². The number of carbonyl (C=O) groups excluding carboxylic acids is 1. The van der Waals surface area contributed by atoms with Gasteiger partial charge in [-0.2, -0.15) is 0 Å². The molecule has 7 heteroatoms. The lowest BCUT2D eigenvalue weighted by molar-refractivity contribution is 0.0954. The maximum Gasteiger partial charge on any atom is 0.251 e. The number of hydrogen-bond acceptors (Lipinski definition) is 4. The summed E-state index contributed by atoms with van der Waals surface area (Å²) in [5, 5.41) is 12.0. The number of benzene rings is 1. The lowest BCUT2D eigenvalue weighted by atomic mass is 10.2. The van der Waals surface area contributed by atoms with Crippen LogP contribution >= 0.6 is 11.8 Å². The van der Waals surface area contributed by atoms with Crippen molar-refractivity contribution in [1.29, 1.82) is 0 Å². The Morgan fingerprint density at radius 2 is 2.00 bits per heavy atom. The van der Waals surface area contributed by atoms with Crippen molar-refractivity contribution < 1.29 is 9.18 Å². The van der Waals surface area contributed by atoms with E-state index in [1.807, 2.05) is 11.6 Å². The number of nitrogens with zero attached hydrogens (tertiary/aromatic N) is 3. The van der Waals surface area contributed by atoms with Crippen LogP contribution in [-0.2, 0) is 13.5 Å². The van der Waals surface area contributed by atoms with E-state index >= 15 is 0 Å². The van der Waals surface area contributed by atoms with Crippen LogP contribution in [0.4, 0.5) is 4.39 Å². The van der Waals surface area contributed by atoms with Gasteiger partial charge in [-0.3, -0.25) is 4.79 Å². The van der Waals surface area contributed by atoms with Gasteiger partial charge in [-0.1, -0.05) is 25.6 Å². The predicted molar refractivity (Wildman–Crippen MR) is 89.0 cm³/mol. The Bertz CT molecular complexity index is 655. The molecule has 2 aromatic rings. The minimum absolute atomic E-state index is 0.221. The first-order valence-electron chi connectivity index (χ1n) is 7.52. The second-order valence-electron chi connectivity index (χ2n) is 5.68. The molecule has 0 aliphatic carbocycles. The molecule has 0 aliphatic rings. The fourth-order valence-electron chi connectivity index (χ4n) is 1.92. The summed E-state index contributed by atoms with van der Waals surface area (Å²) in [6.07, 6.45) is 0.596. The number of rotatable bonds is 7. The molecule has 0 aliphatic heterocycles. The Labute approximate surface area is 139 Å². The Morgan fingerprint density at radius 1 is 1.30 bits per heavy atom. The zero-order valence-corrected chi connectivity index (χ0v) is 14.4. The highest BCUT2D eigenvalue weighted by Crippen LogP contribution is 2.18. The minimum Gasteiger partial charge on any atom is -0.352 e. The summed E-state index contributed by atoms with van der Waals surface area (Å²) < 4.78 is 14.8. The molecule has 2 rings (SSSR count). The third-order valence-corrected chi connectivity index (χ3v) is 4.66. The fourth-order valence-corrected chi connectivity index (χ4v) is 2.80. The van der Waals surface area contributed by atoms with Gasteiger partial charge in [-0.05, 0) is 30.2 Å². The van der Waals surface area contributed by atoms with Crippen molar-refractivity contribution in [3.05, 3.63) is 41.5 Å². The Balaban J connectivity index is 1.84. The zero-order valence-electron chi connectivity index (χ0n) is 13.5. The summed E-state index contributed by atoms with van der Waals surface area (Å²) in [5.41, 5.74) is 0.442. The summed E-state index contributed by atoms with van der Waals surface area (Å²) in [6, 6.07) is 5.48. The summed E-state index contributed by atoms with van der Waals surface area (Å²) in [4.78, 5) is 11.9. The molecule has 5 nitrogen and oxygen atoms in total. The predicted octanol–water partition coefficient (Wildman–Crippen LogP) is 2.67. The third-order valence-electron chi connectivity index (χ3n) is 3.21. The van der Waals surface area contributed by atoms with E-state index in [1.165, 1.54) is 24.3 Å².